The van der Waals surface area contributed by atoms with Crippen LogP contribution in [0.25, 0.3) is 33.3 Å². The van der Waals surface area contributed by atoms with Crippen LogP contribution in [0.5, 0.6) is 0 Å². The standard InChI is InChI=1S/C23H17BrClNO/c24-14-22(27)20-13-21(16-9-11-17(25)12-10-16)26-23-18(7-4-8-19(20)23)15-5-2-1-3-6-15/h1-13,22,27H,14H2/t22-/m1/s1. The van der Waals surface area contributed by atoms with Gasteiger partial charge in [-0.3, -0.25) is 0 Å². The first-order chi connectivity index (χ1) is 13.2. The summed E-state index contributed by atoms with van der Waals surface area (Å²) in [7, 11) is 0. The third kappa shape index (κ3) is 3.63. The van der Waals surface area contributed by atoms with Crippen LogP contribution in [0, 0.1) is 0 Å². The summed E-state index contributed by atoms with van der Waals surface area (Å²) in [4.78, 5) is 4.96. The highest BCUT2D eigenvalue weighted by molar-refractivity contribution is 9.09. The first-order valence-electron chi connectivity index (χ1n) is 8.66. The zero-order chi connectivity index (χ0) is 18.8. The molecule has 0 saturated heterocycles. The van der Waals surface area contributed by atoms with Crippen LogP contribution in [0.4, 0.5) is 0 Å². The van der Waals surface area contributed by atoms with Gasteiger partial charge in [0.15, 0.2) is 0 Å². The number of aliphatic hydroxyl groups is 1. The third-order valence-electron chi connectivity index (χ3n) is 4.60. The average Bonchev–Trinajstić information content (AvgIpc) is 2.73. The molecule has 0 bridgehead atoms. The van der Waals surface area contributed by atoms with E-state index in [1.54, 1.807) is 0 Å². The van der Waals surface area contributed by atoms with Crippen molar-refractivity contribution in [3.63, 3.8) is 0 Å². The number of halogens is 2. The Morgan fingerprint density at radius 1 is 0.889 bits per heavy atom. The fraction of sp³-hybridized carbons (Fsp3) is 0.0870. The van der Waals surface area contributed by atoms with Crippen LogP contribution < -0.4 is 0 Å². The van der Waals surface area contributed by atoms with E-state index >= 15 is 0 Å². The van der Waals surface area contributed by atoms with Crippen LogP contribution in [0.1, 0.15) is 11.7 Å². The minimum Gasteiger partial charge on any atom is -0.388 e. The Hall–Kier alpha value is -2.20. The lowest BCUT2D eigenvalue weighted by Gasteiger charge is -2.16. The van der Waals surface area contributed by atoms with Crippen LogP contribution in [0.2, 0.25) is 5.02 Å². The van der Waals surface area contributed by atoms with E-state index in [-0.39, 0.29) is 0 Å². The van der Waals surface area contributed by atoms with Crippen molar-refractivity contribution in [2.24, 2.45) is 0 Å². The number of alkyl halides is 1. The molecule has 0 fully saturated rings. The van der Waals surface area contributed by atoms with Crippen molar-refractivity contribution in [3.05, 3.63) is 89.4 Å². The summed E-state index contributed by atoms with van der Waals surface area (Å²) in [5.74, 6) is 0. The molecule has 0 amide bonds. The second-order valence-electron chi connectivity index (χ2n) is 6.34. The number of pyridine rings is 1. The maximum Gasteiger partial charge on any atom is 0.0894 e. The van der Waals surface area contributed by atoms with Crippen molar-refractivity contribution < 1.29 is 5.11 Å². The Kier molecular flexibility index (Phi) is 5.26. The van der Waals surface area contributed by atoms with Gasteiger partial charge in [0.1, 0.15) is 0 Å². The van der Waals surface area contributed by atoms with E-state index in [0.717, 1.165) is 38.9 Å². The van der Waals surface area contributed by atoms with E-state index in [9.17, 15) is 5.11 Å². The number of hydrogen-bond acceptors (Lipinski definition) is 2. The van der Waals surface area contributed by atoms with Crippen molar-refractivity contribution in [2.75, 3.05) is 5.33 Å². The summed E-state index contributed by atoms with van der Waals surface area (Å²) < 4.78 is 0. The largest absolute Gasteiger partial charge is 0.388 e. The number of hydrogen-bond donors (Lipinski definition) is 1. The number of fused-ring (bicyclic) bond motifs is 1. The maximum atomic E-state index is 10.6. The molecule has 0 spiro atoms. The quantitative estimate of drug-likeness (QED) is 0.362. The average molecular weight is 439 g/mol. The molecule has 0 aliphatic carbocycles. The first kappa shape index (κ1) is 18.2. The van der Waals surface area contributed by atoms with E-state index in [0.29, 0.717) is 10.4 Å². The highest BCUT2D eigenvalue weighted by Gasteiger charge is 2.16. The van der Waals surface area contributed by atoms with Crippen LogP contribution in [0.15, 0.2) is 78.9 Å². The van der Waals surface area contributed by atoms with Gasteiger partial charge in [0.25, 0.3) is 0 Å². The number of para-hydroxylation sites is 1. The van der Waals surface area contributed by atoms with Gasteiger partial charge in [-0.05, 0) is 29.3 Å². The van der Waals surface area contributed by atoms with Crippen molar-refractivity contribution >= 4 is 38.4 Å². The molecule has 4 rings (SSSR count). The van der Waals surface area contributed by atoms with Gasteiger partial charge >= 0.3 is 0 Å². The van der Waals surface area contributed by atoms with Crippen molar-refractivity contribution in [1.29, 1.82) is 0 Å². The molecule has 4 heteroatoms. The molecule has 2 nitrogen and oxygen atoms in total. The lowest BCUT2D eigenvalue weighted by molar-refractivity contribution is 0.207. The van der Waals surface area contributed by atoms with Crippen molar-refractivity contribution in [2.45, 2.75) is 6.10 Å². The predicted octanol–water partition coefficient (Wildman–Crippen LogP) is 6.65. The normalized spacial score (nSPS) is 12.3. The van der Waals surface area contributed by atoms with E-state index in [1.165, 1.54) is 0 Å². The molecule has 0 unspecified atom stereocenters. The molecule has 0 aliphatic heterocycles. The van der Waals surface area contributed by atoms with E-state index in [1.807, 2.05) is 60.7 Å². The van der Waals surface area contributed by atoms with E-state index in [2.05, 4.69) is 34.1 Å². The number of rotatable bonds is 4. The van der Waals surface area contributed by atoms with Gasteiger partial charge in [-0.1, -0.05) is 88.2 Å². The molecule has 27 heavy (non-hydrogen) atoms. The molecule has 1 atom stereocenters. The SMILES string of the molecule is O[C@H](CBr)c1cc(-c2ccc(Cl)cc2)nc2c(-c3ccccc3)cccc12. The fourth-order valence-corrected chi connectivity index (χ4v) is 3.73. The molecule has 134 valence electrons. The van der Waals surface area contributed by atoms with Gasteiger partial charge < -0.3 is 5.11 Å². The lowest BCUT2D eigenvalue weighted by atomic mass is 9.96. The van der Waals surface area contributed by atoms with Crippen LogP contribution in [0.3, 0.4) is 0 Å². The highest BCUT2D eigenvalue weighted by atomic mass is 79.9. The Morgan fingerprint density at radius 3 is 2.33 bits per heavy atom. The zero-order valence-electron chi connectivity index (χ0n) is 14.4. The number of aliphatic hydroxyl groups excluding tert-OH is 1. The monoisotopic (exact) mass is 437 g/mol. The Labute approximate surface area is 171 Å². The summed E-state index contributed by atoms with van der Waals surface area (Å²) in [6, 6.07) is 25.9. The second kappa shape index (κ2) is 7.81. The zero-order valence-corrected chi connectivity index (χ0v) is 16.8. The number of nitrogens with zero attached hydrogens (tertiary/aromatic N) is 1. The first-order valence-corrected chi connectivity index (χ1v) is 10.2. The Morgan fingerprint density at radius 2 is 1.63 bits per heavy atom. The highest BCUT2D eigenvalue weighted by Crippen LogP contribution is 2.35. The van der Waals surface area contributed by atoms with Gasteiger partial charge in [0, 0.05) is 26.9 Å². The lowest BCUT2D eigenvalue weighted by Crippen LogP contribution is -2.02. The summed E-state index contributed by atoms with van der Waals surface area (Å²) in [5.41, 5.74) is 5.67. The molecule has 1 N–H and O–H groups in total. The fourth-order valence-electron chi connectivity index (χ4n) is 3.25. The minimum atomic E-state index is -0.618. The molecule has 0 saturated carbocycles. The van der Waals surface area contributed by atoms with Crippen molar-refractivity contribution in [1.82, 2.24) is 4.98 Å². The molecular formula is C23H17BrClNO. The molecule has 0 aliphatic rings. The van der Waals surface area contributed by atoms with E-state index in [4.69, 9.17) is 16.6 Å². The summed E-state index contributed by atoms with van der Waals surface area (Å²) in [5, 5.41) is 12.7. The minimum absolute atomic E-state index is 0.460. The molecule has 4 aromatic rings. The topological polar surface area (TPSA) is 33.1 Å². The smallest absolute Gasteiger partial charge is 0.0894 e. The molecule has 3 aromatic carbocycles. The van der Waals surface area contributed by atoms with Gasteiger partial charge in [-0.2, -0.15) is 0 Å². The van der Waals surface area contributed by atoms with Gasteiger partial charge in [-0.15, -0.1) is 0 Å². The molecule has 1 heterocycles. The summed E-state index contributed by atoms with van der Waals surface area (Å²) >= 11 is 9.44. The van der Waals surface area contributed by atoms with Gasteiger partial charge in [0.2, 0.25) is 0 Å². The summed E-state index contributed by atoms with van der Waals surface area (Å²) in [6.45, 7) is 0. The van der Waals surface area contributed by atoms with Gasteiger partial charge in [0.05, 0.1) is 17.3 Å². The van der Waals surface area contributed by atoms with Crippen LogP contribution in [-0.4, -0.2) is 15.4 Å². The second-order valence-corrected chi connectivity index (χ2v) is 7.43. The Balaban J connectivity index is 2.02. The third-order valence-corrected chi connectivity index (χ3v) is 5.47. The van der Waals surface area contributed by atoms with Gasteiger partial charge in [-0.25, -0.2) is 4.98 Å². The number of aromatic nitrogens is 1. The summed E-state index contributed by atoms with van der Waals surface area (Å²) in [6.07, 6.45) is -0.618. The maximum absolute atomic E-state index is 10.6. The van der Waals surface area contributed by atoms with Crippen molar-refractivity contribution in [3.8, 4) is 22.4 Å². The van der Waals surface area contributed by atoms with Crippen LogP contribution >= 0.6 is 27.5 Å². The van der Waals surface area contributed by atoms with E-state index < -0.39 is 6.10 Å². The number of benzene rings is 3. The Bertz CT molecular complexity index is 1080. The molecule has 1 aromatic heterocycles. The predicted molar refractivity (Wildman–Crippen MR) is 116 cm³/mol. The van der Waals surface area contributed by atoms with Crippen LogP contribution in [-0.2, 0) is 0 Å². The molecule has 0 radical (unpaired) electrons. The molecular weight excluding hydrogens is 422 g/mol.